The van der Waals surface area contributed by atoms with Crippen molar-refractivity contribution in [2.24, 2.45) is 0 Å². The van der Waals surface area contributed by atoms with Crippen LogP contribution in [0.25, 0.3) is 22.3 Å². The fourth-order valence-electron chi connectivity index (χ4n) is 3.32. The lowest BCUT2D eigenvalue weighted by Gasteiger charge is -2.06. The average Bonchev–Trinajstić information content (AvgIpc) is 3.30. The standard InChI is InChI=1S/C22H22N4O2/c1-3-26-19-10-5-4-8-16(19)12-20(26)18-13-21(25-24-18)23-22(27)14-28-17-9-6-7-15(2)11-17/h4-13H,3,14H2,1-2H3,(H2,23,24,25,27). The first-order chi connectivity index (χ1) is 13.6. The lowest BCUT2D eigenvalue weighted by Crippen LogP contribution is -2.20. The molecule has 0 aliphatic rings. The molecule has 2 heterocycles. The zero-order chi connectivity index (χ0) is 19.5. The van der Waals surface area contributed by atoms with Gasteiger partial charge in [0.15, 0.2) is 12.4 Å². The van der Waals surface area contributed by atoms with Crippen LogP contribution in [0.15, 0.2) is 60.7 Å². The molecule has 2 aromatic heterocycles. The van der Waals surface area contributed by atoms with Crippen LogP contribution in [-0.2, 0) is 11.3 Å². The number of aryl methyl sites for hydroxylation is 2. The average molecular weight is 374 g/mol. The van der Waals surface area contributed by atoms with Gasteiger partial charge in [0.2, 0.25) is 0 Å². The molecule has 0 saturated carbocycles. The smallest absolute Gasteiger partial charge is 0.263 e. The Morgan fingerprint density at radius 3 is 2.82 bits per heavy atom. The number of carbonyl (C=O) groups is 1. The monoisotopic (exact) mass is 374 g/mol. The first-order valence-corrected chi connectivity index (χ1v) is 9.27. The van der Waals surface area contributed by atoms with Crippen molar-refractivity contribution in [1.82, 2.24) is 14.8 Å². The summed E-state index contributed by atoms with van der Waals surface area (Å²) in [5.74, 6) is 0.890. The number of aromatic amines is 1. The highest BCUT2D eigenvalue weighted by Crippen LogP contribution is 2.28. The minimum atomic E-state index is -0.254. The van der Waals surface area contributed by atoms with Crippen LogP contribution in [-0.4, -0.2) is 27.3 Å². The van der Waals surface area contributed by atoms with Gasteiger partial charge < -0.3 is 14.6 Å². The Morgan fingerprint density at radius 1 is 1.14 bits per heavy atom. The molecule has 0 saturated heterocycles. The van der Waals surface area contributed by atoms with Gasteiger partial charge in [0.25, 0.3) is 5.91 Å². The number of benzene rings is 2. The van der Waals surface area contributed by atoms with Crippen molar-refractivity contribution in [3.8, 4) is 17.1 Å². The van der Waals surface area contributed by atoms with Crippen molar-refractivity contribution in [2.75, 3.05) is 11.9 Å². The maximum atomic E-state index is 12.2. The van der Waals surface area contributed by atoms with Gasteiger partial charge in [0.05, 0.1) is 11.4 Å². The van der Waals surface area contributed by atoms with E-state index in [4.69, 9.17) is 4.74 Å². The summed E-state index contributed by atoms with van der Waals surface area (Å²) in [6, 6.07) is 19.8. The van der Waals surface area contributed by atoms with Crippen LogP contribution in [0.1, 0.15) is 12.5 Å². The maximum absolute atomic E-state index is 12.2. The number of aromatic nitrogens is 3. The summed E-state index contributed by atoms with van der Waals surface area (Å²) in [4.78, 5) is 12.2. The number of ether oxygens (including phenoxy) is 1. The van der Waals surface area contributed by atoms with Crippen molar-refractivity contribution in [1.29, 1.82) is 0 Å². The summed E-state index contributed by atoms with van der Waals surface area (Å²) in [5, 5.41) is 11.2. The summed E-state index contributed by atoms with van der Waals surface area (Å²) in [5.41, 5.74) is 4.15. The van der Waals surface area contributed by atoms with Crippen LogP contribution in [0, 0.1) is 6.92 Å². The highest BCUT2D eigenvalue weighted by atomic mass is 16.5. The van der Waals surface area contributed by atoms with Gasteiger partial charge in [0, 0.05) is 23.5 Å². The molecule has 0 unspecified atom stereocenters. The van der Waals surface area contributed by atoms with Crippen LogP contribution >= 0.6 is 0 Å². The molecule has 0 radical (unpaired) electrons. The molecule has 142 valence electrons. The molecule has 6 heteroatoms. The van der Waals surface area contributed by atoms with Crippen LogP contribution in [0.4, 0.5) is 5.82 Å². The minimum Gasteiger partial charge on any atom is -0.484 e. The second kappa shape index (κ2) is 7.60. The Bertz CT molecular complexity index is 1130. The number of H-pyrrole nitrogens is 1. The first kappa shape index (κ1) is 17.9. The van der Waals surface area contributed by atoms with Gasteiger partial charge >= 0.3 is 0 Å². The van der Waals surface area contributed by atoms with Crippen LogP contribution in [0.3, 0.4) is 0 Å². The molecule has 4 aromatic rings. The fraction of sp³-hybridized carbons (Fsp3) is 0.182. The molecule has 2 aromatic carbocycles. The molecule has 0 bridgehead atoms. The van der Waals surface area contributed by atoms with E-state index >= 15 is 0 Å². The molecule has 0 atom stereocenters. The molecule has 0 fully saturated rings. The van der Waals surface area contributed by atoms with Gasteiger partial charge in [-0.25, -0.2) is 0 Å². The minimum absolute atomic E-state index is 0.0686. The quantitative estimate of drug-likeness (QED) is 0.526. The number of amides is 1. The number of fused-ring (bicyclic) bond motifs is 1. The summed E-state index contributed by atoms with van der Waals surface area (Å²) < 4.78 is 7.75. The lowest BCUT2D eigenvalue weighted by atomic mass is 10.2. The SMILES string of the molecule is CCn1c(-c2cc(NC(=O)COc3cccc(C)c3)n[nH]2)cc2ccccc21. The number of anilines is 1. The van der Waals surface area contributed by atoms with Crippen LogP contribution in [0.2, 0.25) is 0 Å². The van der Waals surface area contributed by atoms with E-state index in [0.29, 0.717) is 11.6 Å². The number of nitrogens with zero attached hydrogens (tertiary/aromatic N) is 2. The Balaban J connectivity index is 1.47. The van der Waals surface area contributed by atoms with E-state index in [1.54, 1.807) is 0 Å². The third-order valence-corrected chi connectivity index (χ3v) is 4.61. The van der Waals surface area contributed by atoms with Gasteiger partial charge in [-0.2, -0.15) is 5.10 Å². The second-order valence-electron chi connectivity index (χ2n) is 6.65. The van der Waals surface area contributed by atoms with Crippen LogP contribution < -0.4 is 10.1 Å². The predicted molar refractivity (Wildman–Crippen MR) is 110 cm³/mol. The normalized spacial score (nSPS) is 10.9. The number of hydrogen-bond donors (Lipinski definition) is 2. The molecule has 2 N–H and O–H groups in total. The zero-order valence-electron chi connectivity index (χ0n) is 15.9. The van der Waals surface area contributed by atoms with E-state index in [1.165, 1.54) is 10.9 Å². The highest BCUT2D eigenvalue weighted by molar-refractivity contribution is 5.92. The molecule has 6 nitrogen and oxygen atoms in total. The Kier molecular flexibility index (Phi) is 4.85. The van der Waals surface area contributed by atoms with Crippen molar-refractivity contribution in [3.05, 3.63) is 66.2 Å². The Morgan fingerprint density at radius 2 is 2.00 bits per heavy atom. The molecule has 0 spiro atoms. The lowest BCUT2D eigenvalue weighted by molar-refractivity contribution is -0.118. The van der Waals surface area contributed by atoms with Crippen molar-refractivity contribution in [3.63, 3.8) is 0 Å². The molecule has 1 amide bonds. The highest BCUT2D eigenvalue weighted by Gasteiger charge is 2.13. The molecule has 0 aliphatic heterocycles. The largest absolute Gasteiger partial charge is 0.484 e. The summed E-state index contributed by atoms with van der Waals surface area (Å²) >= 11 is 0. The second-order valence-corrected chi connectivity index (χ2v) is 6.65. The van der Waals surface area contributed by atoms with Gasteiger partial charge in [-0.15, -0.1) is 0 Å². The summed E-state index contributed by atoms with van der Waals surface area (Å²) in [6.45, 7) is 4.86. The Labute approximate surface area is 163 Å². The first-order valence-electron chi connectivity index (χ1n) is 9.27. The zero-order valence-corrected chi connectivity index (χ0v) is 15.9. The van der Waals surface area contributed by atoms with Gasteiger partial charge in [-0.1, -0.05) is 30.3 Å². The number of carbonyl (C=O) groups excluding carboxylic acids is 1. The predicted octanol–water partition coefficient (Wildman–Crippen LogP) is 4.38. The maximum Gasteiger partial charge on any atom is 0.263 e. The third kappa shape index (κ3) is 3.62. The van der Waals surface area contributed by atoms with E-state index in [9.17, 15) is 4.79 Å². The molecule has 28 heavy (non-hydrogen) atoms. The van der Waals surface area contributed by atoms with E-state index in [2.05, 4.69) is 45.2 Å². The molecule has 4 rings (SSSR count). The number of para-hydroxylation sites is 1. The van der Waals surface area contributed by atoms with Crippen molar-refractivity contribution >= 4 is 22.6 Å². The summed E-state index contributed by atoms with van der Waals surface area (Å²) in [6.07, 6.45) is 0. The van der Waals surface area contributed by atoms with E-state index < -0.39 is 0 Å². The Hall–Kier alpha value is -3.54. The van der Waals surface area contributed by atoms with Crippen molar-refractivity contribution in [2.45, 2.75) is 20.4 Å². The van der Waals surface area contributed by atoms with Gasteiger partial charge in [-0.3, -0.25) is 9.89 Å². The fourth-order valence-corrected chi connectivity index (χ4v) is 3.32. The molecule has 0 aliphatic carbocycles. The van der Waals surface area contributed by atoms with Gasteiger partial charge in [0.1, 0.15) is 5.75 Å². The van der Waals surface area contributed by atoms with Gasteiger partial charge in [-0.05, 0) is 43.7 Å². The summed E-state index contributed by atoms with van der Waals surface area (Å²) in [7, 11) is 0. The third-order valence-electron chi connectivity index (χ3n) is 4.61. The molecular weight excluding hydrogens is 352 g/mol. The van der Waals surface area contributed by atoms with E-state index in [0.717, 1.165) is 23.5 Å². The number of hydrogen-bond acceptors (Lipinski definition) is 3. The van der Waals surface area contributed by atoms with Crippen molar-refractivity contribution < 1.29 is 9.53 Å². The topological polar surface area (TPSA) is 71.9 Å². The number of nitrogens with one attached hydrogen (secondary N) is 2. The van der Waals surface area contributed by atoms with Crippen LogP contribution in [0.5, 0.6) is 5.75 Å². The molecular formula is C22H22N4O2. The van der Waals surface area contributed by atoms with E-state index in [1.807, 2.05) is 49.4 Å². The number of rotatable bonds is 6. The van der Waals surface area contributed by atoms with E-state index in [-0.39, 0.29) is 12.5 Å².